The van der Waals surface area contributed by atoms with Gasteiger partial charge < -0.3 is 9.84 Å². The number of pyridine rings is 1. The van der Waals surface area contributed by atoms with Crippen molar-refractivity contribution in [1.82, 2.24) is 4.98 Å². The molecule has 0 aliphatic heterocycles. The molecule has 0 aromatic carbocycles. The van der Waals surface area contributed by atoms with Crippen molar-refractivity contribution in [1.29, 1.82) is 0 Å². The average molecular weight is 293 g/mol. The first-order valence-electron chi connectivity index (χ1n) is 5.83. The van der Waals surface area contributed by atoms with Crippen LogP contribution in [0.2, 0.25) is 0 Å². The van der Waals surface area contributed by atoms with Gasteiger partial charge in [-0.25, -0.2) is 14.2 Å². The van der Waals surface area contributed by atoms with E-state index in [1.807, 2.05) is 0 Å². The molecule has 0 bridgehead atoms. The number of ether oxygens (including phenoxy) is 1. The van der Waals surface area contributed by atoms with Crippen LogP contribution in [0.25, 0.3) is 0 Å². The van der Waals surface area contributed by atoms with Crippen LogP contribution in [0, 0.1) is 0 Å². The standard InChI is InChI=1S/C12H11F4NO3/c13-11(2-1-3-11)7-5-17-8(10(18)19)4-9(7)20-6-12(14,15)16/h4-5H,1-3,6H2,(H,18,19). The van der Waals surface area contributed by atoms with Crippen LogP contribution in [0.5, 0.6) is 5.75 Å². The number of hydrogen-bond donors (Lipinski definition) is 1. The first-order valence-corrected chi connectivity index (χ1v) is 5.83. The summed E-state index contributed by atoms with van der Waals surface area (Å²) in [5, 5.41) is 8.77. The first-order chi connectivity index (χ1) is 9.21. The highest BCUT2D eigenvalue weighted by molar-refractivity contribution is 5.85. The molecule has 20 heavy (non-hydrogen) atoms. The molecule has 1 aromatic heterocycles. The monoisotopic (exact) mass is 293 g/mol. The highest BCUT2D eigenvalue weighted by Crippen LogP contribution is 2.48. The second-order valence-electron chi connectivity index (χ2n) is 4.59. The number of carbonyl (C=O) groups is 1. The Kier molecular flexibility index (Phi) is 3.58. The van der Waals surface area contributed by atoms with Crippen LogP contribution in [0.3, 0.4) is 0 Å². The van der Waals surface area contributed by atoms with Gasteiger partial charge in [-0.1, -0.05) is 0 Å². The molecule has 1 saturated carbocycles. The number of rotatable bonds is 4. The molecule has 0 radical (unpaired) electrons. The van der Waals surface area contributed by atoms with Gasteiger partial charge in [-0.3, -0.25) is 0 Å². The summed E-state index contributed by atoms with van der Waals surface area (Å²) >= 11 is 0. The summed E-state index contributed by atoms with van der Waals surface area (Å²) in [5.74, 6) is -1.84. The fourth-order valence-corrected chi connectivity index (χ4v) is 1.93. The molecule has 110 valence electrons. The van der Waals surface area contributed by atoms with Crippen molar-refractivity contribution in [3.8, 4) is 5.75 Å². The zero-order chi connectivity index (χ0) is 15.0. The minimum atomic E-state index is -4.59. The van der Waals surface area contributed by atoms with Gasteiger partial charge >= 0.3 is 12.1 Å². The third kappa shape index (κ3) is 3.00. The Morgan fingerprint density at radius 3 is 2.55 bits per heavy atom. The summed E-state index contributed by atoms with van der Waals surface area (Å²) in [6, 6.07) is 0.822. The van der Waals surface area contributed by atoms with Crippen LogP contribution in [-0.2, 0) is 5.67 Å². The van der Waals surface area contributed by atoms with Crippen molar-refractivity contribution >= 4 is 5.97 Å². The fourth-order valence-electron chi connectivity index (χ4n) is 1.93. The second-order valence-corrected chi connectivity index (χ2v) is 4.59. The van der Waals surface area contributed by atoms with Gasteiger partial charge in [0.25, 0.3) is 0 Å². The van der Waals surface area contributed by atoms with E-state index in [0.29, 0.717) is 6.42 Å². The summed E-state index contributed by atoms with van der Waals surface area (Å²) < 4.78 is 55.4. The van der Waals surface area contributed by atoms with Gasteiger partial charge in [0, 0.05) is 17.8 Å². The van der Waals surface area contributed by atoms with Gasteiger partial charge in [-0.2, -0.15) is 13.2 Å². The van der Waals surface area contributed by atoms with E-state index in [1.54, 1.807) is 0 Å². The Balaban J connectivity index is 2.33. The van der Waals surface area contributed by atoms with Gasteiger partial charge in [-0.05, 0) is 19.3 Å². The van der Waals surface area contributed by atoms with E-state index in [4.69, 9.17) is 5.11 Å². The number of carboxylic acid groups (broad SMARTS) is 1. The number of aromatic nitrogens is 1. The second kappa shape index (κ2) is 4.92. The maximum Gasteiger partial charge on any atom is 0.422 e. The van der Waals surface area contributed by atoms with Crippen LogP contribution in [0.15, 0.2) is 12.3 Å². The normalized spacial score (nSPS) is 17.4. The SMILES string of the molecule is O=C(O)c1cc(OCC(F)(F)F)c(C2(F)CCC2)cn1. The topological polar surface area (TPSA) is 59.4 Å². The maximum atomic E-state index is 14.3. The van der Waals surface area contributed by atoms with Gasteiger partial charge in [0.05, 0.1) is 0 Å². The Morgan fingerprint density at radius 1 is 1.45 bits per heavy atom. The first kappa shape index (κ1) is 14.5. The Labute approximate surface area is 111 Å². The molecule has 1 aliphatic rings. The number of nitrogens with zero attached hydrogens (tertiary/aromatic N) is 1. The van der Waals surface area contributed by atoms with Crippen molar-refractivity contribution in [2.45, 2.75) is 31.1 Å². The molecular weight excluding hydrogens is 282 g/mol. The van der Waals surface area contributed by atoms with Crippen molar-refractivity contribution in [3.63, 3.8) is 0 Å². The molecule has 0 saturated heterocycles. The van der Waals surface area contributed by atoms with Gasteiger partial charge in [0.1, 0.15) is 11.4 Å². The van der Waals surface area contributed by atoms with Crippen molar-refractivity contribution in [2.75, 3.05) is 6.61 Å². The van der Waals surface area contributed by atoms with E-state index in [0.717, 1.165) is 12.3 Å². The molecule has 1 heterocycles. The molecule has 0 amide bonds. The summed E-state index contributed by atoms with van der Waals surface area (Å²) in [7, 11) is 0. The average Bonchev–Trinajstić information content (AvgIpc) is 2.32. The Hall–Kier alpha value is -1.86. The molecule has 0 atom stereocenters. The minimum absolute atomic E-state index is 0.127. The van der Waals surface area contributed by atoms with E-state index in [1.165, 1.54) is 0 Å². The van der Waals surface area contributed by atoms with E-state index >= 15 is 0 Å². The third-order valence-electron chi connectivity index (χ3n) is 3.11. The van der Waals surface area contributed by atoms with Gasteiger partial charge in [0.2, 0.25) is 0 Å². The van der Waals surface area contributed by atoms with Crippen molar-refractivity contribution < 1.29 is 32.2 Å². The summed E-state index contributed by atoms with van der Waals surface area (Å²) in [6.07, 6.45) is -2.73. The summed E-state index contributed by atoms with van der Waals surface area (Å²) in [5.41, 5.74) is -2.41. The number of carboxylic acids is 1. The molecule has 1 aromatic rings. The molecule has 0 spiro atoms. The third-order valence-corrected chi connectivity index (χ3v) is 3.11. The number of halogens is 4. The molecule has 0 unspecified atom stereocenters. The number of alkyl halides is 4. The zero-order valence-electron chi connectivity index (χ0n) is 10.2. The molecule has 8 heteroatoms. The quantitative estimate of drug-likeness (QED) is 0.867. The Bertz CT molecular complexity index is 526. The lowest BCUT2D eigenvalue weighted by Gasteiger charge is -2.35. The van der Waals surface area contributed by atoms with Crippen LogP contribution in [0.4, 0.5) is 17.6 Å². The van der Waals surface area contributed by atoms with Gasteiger partial charge in [0.15, 0.2) is 12.3 Å². The lowest BCUT2D eigenvalue weighted by atomic mass is 9.77. The minimum Gasteiger partial charge on any atom is -0.484 e. The Morgan fingerprint density at radius 2 is 2.10 bits per heavy atom. The summed E-state index contributed by atoms with van der Waals surface area (Å²) in [4.78, 5) is 14.3. The van der Waals surface area contributed by atoms with E-state index < -0.39 is 35.9 Å². The summed E-state index contributed by atoms with van der Waals surface area (Å²) in [6.45, 7) is -1.61. The van der Waals surface area contributed by atoms with Crippen LogP contribution >= 0.6 is 0 Å². The van der Waals surface area contributed by atoms with Crippen LogP contribution < -0.4 is 4.74 Å². The predicted molar refractivity (Wildman–Crippen MR) is 59.4 cm³/mol. The largest absolute Gasteiger partial charge is 0.484 e. The van der Waals surface area contributed by atoms with E-state index in [9.17, 15) is 22.4 Å². The predicted octanol–water partition coefficient (Wildman–Crippen LogP) is 3.07. The fraction of sp³-hybridized carbons (Fsp3) is 0.500. The van der Waals surface area contributed by atoms with Gasteiger partial charge in [-0.15, -0.1) is 0 Å². The highest BCUT2D eigenvalue weighted by atomic mass is 19.4. The number of aromatic carboxylic acids is 1. The number of hydrogen-bond acceptors (Lipinski definition) is 3. The van der Waals surface area contributed by atoms with Crippen molar-refractivity contribution in [3.05, 3.63) is 23.5 Å². The van der Waals surface area contributed by atoms with Crippen LogP contribution in [-0.4, -0.2) is 28.8 Å². The van der Waals surface area contributed by atoms with Crippen molar-refractivity contribution in [2.24, 2.45) is 0 Å². The molecule has 4 nitrogen and oxygen atoms in total. The lowest BCUT2D eigenvalue weighted by Crippen LogP contribution is -2.30. The smallest absolute Gasteiger partial charge is 0.422 e. The molecule has 1 N–H and O–H groups in total. The highest BCUT2D eigenvalue weighted by Gasteiger charge is 2.42. The lowest BCUT2D eigenvalue weighted by molar-refractivity contribution is -0.154. The van der Waals surface area contributed by atoms with E-state index in [-0.39, 0.29) is 18.4 Å². The molecule has 1 aliphatic carbocycles. The van der Waals surface area contributed by atoms with Crippen LogP contribution in [0.1, 0.15) is 35.3 Å². The maximum absolute atomic E-state index is 14.3. The molecular formula is C12H11F4NO3. The molecule has 1 fully saturated rings. The van der Waals surface area contributed by atoms with E-state index in [2.05, 4.69) is 9.72 Å². The molecule has 2 rings (SSSR count). The zero-order valence-corrected chi connectivity index (χ0v) is 10.2.